The third-order valence-electron chi connectivity index (χ3n) is 2.89. The number of aromatic nitrogens is 2. The van der Waals surface area contributed by atoms with Gasteiger partial charge in [-0.25, -0.2) is 4.98 Å². The average molecular weight is 250 g/mol. The van der Waals surface area contributed by atoms with Crippen LogP contribution < -0.4 is 0 Å². The van der Waals surface area contributed by atoms with Crippen LogP contribution in [0.4, 0.5) is 0 Å². The van der Waals surface area contributed by atoms with E-state index in [-0.39, 0.29) is 0 Å². The number of aliphatic hydroxyl groups is 1. The normalized spacial score (nSPS) is 12.9. The van der Waals surface area contributed by atoms with Crippen LogP contribution in [0.1, 0.15) is 35.4 Å². The standard InChI is InChI=1S/C13H18N2OS/c1-3-10-5-6-11(17-10)7-13(16)12-8-14-9-15(12)4-2/h5-6,8-9,13,16H,3-4,7H2,1-2H3. The maximum Gasteiger partial charge on any atom is 0.100 e. The first-order chi connectivity index (χ1) is 8.24. The van der Waals surface area contributed by atoms with Crippen molar-refractivity contribution in [2.75, 3.05) is 0 Å². The second kappa shape index (κ2) is 5.47. The first-order valence-corrected chi connectivity index (χ1v) is 6.81. The van der Waals surface area contributed by atoms with Crippen LogP contribution >= 0.6 is 11.3 Å². The molecule has 0 aromatic carbocycles. The van der Waals surface area contributed by atoms with Gasteiger partial charge in [0.1, 0.15) is 6.10 Å². The molecule has 17 heavy (non-hydrogen) atoms. The summed E-state index contributed by atoms with van der Waals surface area (Å²) in [5.74, 6) is 0. The maximum atomic E-state index is 10.2. The van der Waals surface area contributed by atoms with E-state index in [4.69, 9.17) is 0 Å². The number of rotatable bonds is 5. The van der Waals surface area contributed by atoms with Crippen molar-refractivity contribution >= 4 is 11.3 Å². The molecule has 0 saturated carbocycles. The van der Waals surface area contributed by atoms with E-state index < -0.39 is 6.10 Å². The molecule has 1 atom stereocenters. The lowest BCUT2D eigenvalue weighted by Crippen LogP contribution is -2.07. The van der Waals surface area contributed by atoms with Crippen molar-refractivity contribution in [1.82, 2.24) is 9.55 Å². The minimum absolute atomic E-state index is 0.458. The Labute approximate surface area is 106 Å². The fourth-order valence-corrected chi connectivity index (χ4v) is 2.88. The maximum absolute atomic E-state index is 10.2. The molecule has 2 heterocycles. The van der Waals surface area contributed by atoms with E-state index in [2.05, 4.69) is 31.0 Å². The smallest absolute Gasteiger partial charge is 0.100 e. The Morgan fingerprint density at radius 3 is 2.76 bits per heavy atom. The van der Waals surface area contributed by atoms with E-state index in [1.54, 1.807) is 23.9 Å². The highest BCUT2D eigenvalue weighted by Gasteiger charge is 2.14. The molecule has 0 radical (unpaired) electrons. The minimum Gasteiger partial charge on any atom is -0.386 e. The summed E-state index contributed by atoms with van der Waals surface area (Å²) in [6.07, 6.45) is 4.80. The monoisotopic (exact) mass is 250 g/mol. The molecule has 4 heteroatoms. The zero-order chi connectivity index (χ0) is 12.3. The molecular formula is C13H18N2OS. The van der Waals surface area contributed by atoms with Crippen molar-refractivity contribution in [3.63, 3.8) is 0 Å². The number of aryl methyl sites for hydroxylation is 2. The second-order valence-electron chi connectivity index (χ2n) is 4.05. The zero-order valence-corrected chi connectivity index (χ0v) is 11.1. The van der Waals surface area contributed by atoms with Gasteiger partial charge in [-0.2, -0.15) is 0 Å². The van der Waals surface area contributed by atoms with Gasteiger partial charge in [-0.1, -0.05) is 6.92 Å². The highest BCUT2D eigenvalue weighted by Crippen LogP contribution is 2.24. The Morgan fingerprint density at radius 2 is 2.12 bits per heavy atom. The zero-order valence-electron chi connectivity index (χ0n) is 10.3. The van der Waals surface area contributed by atoms with Gasteiger partial charge in [0.05, 0.1) is 18.2 Å². The predicted molar refractivity (Wildman–Crippen MR) is 70.3 cm³/mol. The number of aliphatic hydroxyl groups excluding tert-OH is 1. The lowest BCUT2D eigenvalue weighted by molar-refractivity contribution is 0.170. The molecule has 0 saturated heterocycles. The molecule has 0 aliphatic carbocycles. The quantitative estimate of drug-likeness (QED) is 0.886. The molecule has 2 rings (SSSR count). The third kappa shape index (κ3) is 2.76. The molecule has 1 N–H and O–H groups in total. The van der Waals surface area contributed by atoms with Crippen LogP contribution in [-0.4, -0.2) is 14.7 Å². The van der Waals surface area contributed by atoms with Crippen molar-refractivity contribution in [3.8, 4) is 0 Å². The van der Waals surface area contributed by atoms with E-state index in [0.717, 1.165) is 18.7 Å². The van der Waals surface area contributed by atoms with Gasteiger partial charge < -0.3 is 9.67 Å². The molecule has 0 spiro atoms. The number of hydrogen-bond acceptors (Lipinski definition) is 3. The summed E-state index contributed by atoms with van der Waals surface area (Å²) in [6.45, 7) is 5.05. The van der Waals surface area contributed by atoms with Gasteiger partial charge in [0, 0.05) is 22.7 Å². The van der Waals surface area contributed by atoms with Crippen molar-refractivity contribution < 1.29 is 5.11 Å². The van der Waals surface area contributed by atoms with Crippen LogP contribution in [0.3, 0.4) is 0 Å². The number of nitrogens with zero attached hydrogens (tertiary/aromatic N) is 2. The van der Waals surface area contributed by atoms with Crippen LogP contribution in [0.5, 0.6) is 0 Å². The summed E-state index contributed by atoms with van der Waals surface area (Å²) in [5.41, 5.74) is 0.902. The molecule has 0 aliphatic rings. The summed E-state index contributed by atoms with van der Waals surface area (Å²) in [5, 5.41) is 10.2. The van der Waals surface area contributed by atoms with Gasteiger partial charge in [0.15, 0.2) is 0 Å². The van der Waals surface area contributed by atoms with Crippen LogP contribution in [0, 0.1) is 0 Å². The lowest BCUT2D eigenvalue weighted by atomic mass is 10.1. The molecule has 0 bridgehead atoms. The first-order valence-electron chi connectivity index (χ1n) is 6.00. The highest BCUT2D eigenvalue weighted by atomic mass is 32.1. The topological polar surface area (TPSA) is 38.1 Å². The number of imidazole rings is 1. The van der Waals surface area contributed by atoms with Gasteiger partial charge in [-0.05, 0) is 25.5 Å². The highest BCUT2D eigenvalue weighted by molar-refractivity contribution is 7.11. The second-order valence-corrected chi connectivity index (χ2v) is 5.30. The molecule has 1 unspecified atom stereocenters. The van der Waals surface area contributed by atoms with E-state index in [9.17, 15) is 5.11 Å². The molecule has 2 aromatic heterocycles. The summed E-state index contributed by atoms with van der Waals surface area (Å²) >= 11 is 1.78. The van der Waals surface area contributed by atoms with Crippen LogP contribution in [0.15, 0.2) is 24.7 Å². The van der Waals surface area contributed by atoms with Gasteiger partial charge >= 0.3 is 0 Å². The summed E-state index contributed by atoms with van der Waals surface area (Å²) in [7, 11) is 0. The molecule has 0 amide bonds. The average Bonchev–Trinajstić information content (AvgIpc) is 2.96. The third-order valence-corrected chi connectivity index (χ3v) is 4.14. The Balaban J connectivity index is 2.08. The Morgan fingerprint density at radius 1 is 1.35 bits per heavy atom. The molecule has 3 nitrogen and oxygen atoms in total. The Kier molecular flexibility index (Phi) is 3.97. The van der Waals surface area contributed by atoms with Gasteiger partial charge in [0.2, 0.25) is 0 Å². The summed E-state index contributed by atoms with van der Waals surface area (Å²) in [6, 6.07) is 4.25. The Bertz CT molecular complexity index is 475. The summed E-state index contributed by atoms with van der Waals surface area (Å²) < 4.78 is 1.99. The van der Waals surface area contributed by atoms with Crippen molar-refractivity contribution in [1.29, 1.82) is 0 Å². The van der Waals surface area contributed by atoms with Crippen LogP contribution in [0.25, 0.3) is 0 Å². The van der Waals surface area contributed by atoms with Crippen molar-refractivity contribution in [2.45, 2.75) is 39.3 Å². The Hall–Kier alpha value is -1.13. The van der Waals surface area contributed by atoms with E-state index in [0.29, 0.717) is 6.42 Å². The SMILES string of the molecule is CCc1ccc(CC(O)c2cncn2CC)s1. The molecule has 0 fully saturated rings. The van der Waals surface area contributed by atoms with Crippen molar-refractivity contribution in [3.05, 3.63) is 40.1 Å². The van der Waals surface area contributed by atoms with Crippen LogP contribution in [0.2, 0.25) is 0 Å². The number of hydrogen-bond donors (Lipinski definition) is 1. The fraction of sp³-hybridized carbons (Fsp3) is 0.462. The lowest BCUT2D eigenvalue weighted by Gasteiger charge is -2.11. The molecule has 92 valence electrons. The van der Waals surface area contributed by atoms with E-state index in [1.807, 2.05) is 4.57 Å². The van der Waals surface area contributed by atoms with E-state index in [1.165, 1.54) is 9.75 Å². The van der Waals surface area contributed by atoms with Gasteiger partial charge in [-0.3, -0.25) is 0 Å². The van der Waals surface area contributed by atoms with Gasteiger partial charge in [-0.15, -0.1) is 11.3 Å². The summed E-state index contributed by atoms with van der Waals surface area (Å²) in [4.78, 5) is 6.69. The largest absolute Gasteiger partial charge is 0.386 e. The van der Waals surface area contributed by atoms with Crippen LogP contribution in [-0.2, 0) is 19.4 Å². The fourth-order valence-electron chi connectivity index (χ4n) is 1.89. The molecule has 2 aromatic rings. The number of thiophene rings is 1. The molecular weight excluding hydrogens is 232 g/mol. The van der Waals surface area contributed by atoms with E-state index >= 15 is 0 Å². The first kappa shape index (κ1) is 12.3. The minimum atomic E-state index is -0.458. The molecule has 0 aliphatic heterocycles. The predicted octanol–water partition coefficient (Wildman–Crippen LogP) is 2.80. The van der Waals surface area contributed by atoms with Crippen molar-refractivity contribution in [2.24, 2.45) is 0 Å². The van der Waals surface area contributed by atoms with Gasteiger partial charge in [0.25, 0.3) is 0 Å².